The summed E-state index contributed by atoms with van der Waals surface area (Å²) in [5.41, 5.74) is 0.256. The van der Waals surface area contributed by atoms with Crippen molar-refractivity contribution in [3.05, 3.63) is 12.2 Å². The monoisotopic (exact) mass is 214 g/mol. The van der Waals surface area contributed by atoms with Crippen molar-refractivity contribution in [2.24, 2.45) is 0 Å². The van der Waals surface area contributed by atoms with E-state index in [0.29, 0.717) is 6.42 Å². The zero-order valence-electron chi connectivity index (χ0n) is 9.35. The highest BCUT2D eigenvalue weighted by Gasteiger charge is 2.17. The van der Waals surface area contributed by atoms with Gasteiger partial charge in [-0.1, -0.05) is 26.2 Å². The molecular weight excluding hydrogens is 196 g/mol. The van der Waals surface area contributed by atoms with Crippen molar-refractivity contribution in [2.45, 2.75) is 39.0 Å². The molecule has 0 N–H and O–H groups in total. The predicted molar refractivity (Wildman–Crippen MR) is 58.7 cm³/mol. The summed E-state index contributed by atoms with van der Waals surface area (Å²) < 4.78 is 4.55. The molecule has 0 bridgehead atoms. The second-order valence-corrected chi connectivity index (χ2v) is 10.2. The summed E-state index contributed by atoms with van der Waals surface area (Å²) in [6.07, 6.45) is 0.328. The number of hydrogen-bond acceptors (Lipinski definition) is 3. The molecular formula is C10H18O3Si. The Morgan fingerprint density at radius 1 is 1.29 bits per heavy atom. The first kappa shape index (κ1) is 13.1. The highest BCUT2D eigenvalue weighted by atomic mass is 28.3. The quantitative estimate of drug-likeness (QED) is 0.312. The van der Waals surface area contributed by atoms with Gasteiger partial charge in [0, 0.05) is 20.1 Å². The lowest BCUT2D eigenvalue weighted by Crippen LogP contribution is -2.22. The minimum absolute atomic E-state index is 0.256. The van der Waals surface area contributed by atoms with Gasteiger partial charge < -0.3 is 4.74 Å². The molecule has 0 spiro atoms. The first-order valence-corrected chi connectivity index (χ1v) is 8.33. The van der Waals surface area contributed by atoms with Crippen LogP contribution in [0.15, 0.2) is 12.2 Å². The van der Waals surface area contributed by atoms with E-state index in [1.165, 1.54) is 6.92 Å². The Bertz CT molecular complexity index is 251. The van der Waals surface area contributed by atoms with Crippen LogP contribution in [0.2, 0.25) is 25.7 Å². The number of carbonyl (C=O) groups is 2. The second-order valence-electron chi connectivity index (χ2n) is 4.60. The highest BCUT2D eigenvalue weighted by molar-refractivity contribution is 6.76. The van der Waals surface area contributed by atoms with Gasteiger partial charge in [-0.15, -0.1) is 0 Å². The zero-order valence-corrected chi connectivity index (χ0v) is 10.3. The van der Waals surface area contributed by atoms with Gasteiger partial charge in [-0.3, -0.25) is 4.79 Å². The van der Waals surface area contributed by atoms with Crippen LogP contribution in [-0.2, 0) is 14.3 Å². The van der Waals surface area contributed by atoms with Gasteiger partial charge in [-0.2, -0.15) is 0 Å². The number of hydrogen-bond donors (Lipinski definition) is 0. The molecule has 0 atom stereocenters. The Labute approximate surface area is 86.2 Å². The Morgan fingerprint density at radius 2 is 1.79 bits per heavy atom. The first-order chi connectivity index (χ1) is 6.22. The van der Waals surface area contributed by atoms with Crippen molar-refractivity contribution in [3.8, 4) is 0 Å². The highest BCUT2D eigenvalue weighted by Crippen LogP contribution is 2.11. The van der Waals surface area contributed by atoms with E-state index in [1.54, 1.807) is 0 Å². The topological polar surface area (TPSA) is 43.4 Å². The molecule has 0 aromatic rings. The molecule has 0 amide bonds. The van der Waals surface area contributed by atoms with Crippen molar-refractivity contribution < 1.29 is 14.3 Å². The van der Waals surface area contributed by atoms with Crippen LogP contribution in [0.4, 0.5) is 0 Å². The Morgan fingerprint density at radius 3 is 2.14 bits per heavy atom. The maximum Gasteiger partial charge on any atom is 0.340 e. The Kier molecular flexibility index (Phi) is 4.77. The maximum absolute atomic E-state index is 11.1. The molecule has 0 radical (unpaired) electrons. The third kappa shape index (κ3) is 6.60. The molecule has 0 fully saturated rings. The number of rotatable bonds is 4. The van der Waals surface area contributed by atoms with Crippen molar-refractivity contribution in [1.82, 2.24) is 0 Å². The molecule has 80 valence electrons. The van der Waals surface area contributed by atoms with Gasteiger partial charge >= 0.3 is 11.9 Å². The van der Waals surface area contributed by atoms with E-state index in [0.717, 1.165) is 6.04 Å². The van der Waals surface area contributed by atoms with E-state index in [1.807, 2.05) is 0 Å². The molecule has 0 aromatic heterocycles. The van der Waals surface area contributed by atoms with Crippen LogP contribution in [0.25, 0.3) is 0 Å². The molecule has 0 aliphatic carbocycles. The molecule has 4 heteroatoms. The summed E-state index contributed by atoms with van der Waals surface area (Å²) in [6.45, 7) is 11.4. The lowest BCUT2D eigenvalue weighted by molar-refractivity contribution is -0.156. The Balaban J connectivity index is 3.89. The lowest BCUT2D eigenvalue weighted by atomic mass is 10.4. The number of ether oxygens (including phenoxy) is 1. The summed E-state index contributed by atoms with van der Waals surface area (Å²) in [5, 5.41) is 0. The third-order valence-corrected chi connectivity index (χ3v) is 3.38. The van der Waals surface area contributed by atoms with Gasteiger partial charge in [-0.25, -0.2) is 4.79 Å². The van der Waals surface area contributed by atoms with Crippen molar-refractivity contribution >= 4 is 20.0 Å². The number of esters is 2. The molecule has 0 heterocycles. The Hall–Kier alpha value is -0.903. The maximum atomic E-state index is 11.1. The van der Waals surface area contributed by atoms with Gasteiger partial charge in [0.25, 0.3) is 0 Å². The second kappa shape index (κ2) is 5.10. The van der Waals surface area contributed by atoms with Gasteiger partial charge in [0.1, 0.15) is 0 Å². The molecule has 0 aliphatic rings. The summed E-state index contributed by atoms with van der Waals surface area (Å²) in [5.74, 6) is -1.06. The molecule has 0 aliphatic heterocycles. The zero-order chi connectivity index (χ0) is 11.4. The van der Waals surface area contributed by atoms with E-state index in [4.69, 9.17) is 0 Å². The van der Waals surface area contributed by atoms with Gasteiger partial charge in [0.05, 0.1) is 0 Å². The van der Waals surface area contributed by atoms with Crippen LogP contribution in [0.5, 0.6) is 0 Å². The van der Waals surface area contributed by atoms with Crippen LogP contribution >= 0.6 is 0 Å². The van der Waals surface area contributed by atoms with Crippen LogP contribution < -0.4 is 0 Å². The fourth-order valence-corrected chi connectivity index (χ4v) is 1.67. The van der Waals surface area contributed by atoms with E-state index < -0.39 is 20.0 Å². The van der Waals surface area contributed by atoms with Crippen molar-refractivity contribution in [1.29, 1.82) is 0 Å². The first-order valence-electron chi connectivity index (χ1n) is 4.63. The van der Waals surface area contributed by atoms with Crippen LogP contribution in [-0.4, -0.2) is 20.0 Å². The normalized spacial score (nSPS) is 10.9. The average Bonchev–Trinajstić information content (AvgIpc) is 1.99. The summed E-state index contributed by atoms with van der Waals surface area (Å²) in [4.78, 5) is 22.1. The van der Waals surface area contributed by atoms with Crippen molar-refractivity contribution in [2.75, 3.05) is 0 Å². The molecule has 14 heavy (non-hydrogen) atoms. The molecule has 3 nitrogen and oxygen atoms in total. The SMILES string of the molecule is C=C(C)C(=O)OC(=O)CC[Si](C)(C)C. The van der Waals surface area contributed by atoms with Gasteiger partial charge in [0.2, 0.25) is 0 Å². The molecule has 0 saturated heterocycles. The third-order valence-electron chi connectivity index (χ3n) is 1.63. The van der Waals surface area contributed by atoms with Crippen molar-refractivity contribution in [3.63, 3.8) is 0 Å². The van der Waals surface area contributed by atoms with Gasteiger partial charge in [-0.05, 0) is 13.0 Å². The van der Waals surface area contributed by atoms with Gasteiger partial charge in [0.15, 0.2) is 0 Å². The average molecular weight is 214 g/mol. The minimum atomic E-state index is -1.23. The minimum Gasteiger partial charge on any atom is -0.390 e. The molecule has 0 saturated carbocycles. The summed E-state index contributed by atoms with van der Waals surface area (Å²) >= 11 is 0. The lowest BCUT2D eigenvalue weighted by Gasteiger charge is -2.14. The fourth-order valence-electron chi connectivity index (χ4n) is 0.719. The van der Waals surface area contributed by atoms with E-state index >= 15 is 0 Å². The van der Waals surface area contributed by atoms with E-state index in [9.17, 15) is 9.59 Å². The molecule has 0 aromatic carbocycles. The standard InChI is InChI=1S/C10H18O3Si/c1-8(2)10(12)13-9(11)6-7-14(3,4)5/h1,6-7H2,2-5H3. The largest absolute Gasteiger partial charge is 0.390 e. The molecule has 0 rings (SSSR count). The fraction of sp³-hybridized carbons (Fsp3) is 0.600. The van der Waals surface area contributed by atoms with E-state index in [2.05, 4.69) is 31.0 Å². The summed E-state index contributed by atoms with van der Waals surface area (Å²) in [6, 6.07) is 0.843. The summed E-state index contributed by atoms with van der Waals surface area (Å²) in [7, 11) is -1.23. The predicted octanol–water partition coefficient (Wildman–Crippen LogP) is 2.36. The van der Waals surface area contributed by atoms with Crippen LogP contribution in [0.1, 0.15) is 13.3 Å². The molecule has 0 unspecified atom stereocenters. The smallest absolute Gasteiger partial charge is 0.340 e. The van der Waals surface area contributed by atoms with E-state index in [-0.39, 0.29) is 5.57 Å². The van der Waals surface area contributed by atoms with Crippen LogP contribution in [0, 0.1) is 0 Å². The van der Waals surface area contributed by atoms with Crippen LogP contribution in [0.3, 0.4) is 0 Å². The number of carbonyl (C=O) groups excluding carboxylic acids is 2.